The lowest BCUT2D eigenvalue weighted by Crippen LogP contribution is -2.49. The Morgan fingerprint density at radius 2 is 2.04 bits per heavy atom. The number of hydrogen-bond acceptors (Lipinski definition) is 5. The number of methoxy groups -OCH3 is 2. The molecule has 2 unspecified atom stereocenters. The number of ether oxygens (including phenoxy) is 2. The van der Waals surface area contributed by atoms with Crippen LogP contribution in [0.1, 0.15) is 38.2 Å². The summed E-state index contributed by atoms with van der Waals surface area (Å²) in [6.45, 7) is 4.10. The van der Waals surface area contributed by atoms with Crippen molar-refractivity contribution >= 4 is 11.8 Å². The van der Waals surface area contributed by atoms with Crippen LogP contribution in [0.4, 0.5) is 0 Å². The second-order valence-electron chi connectivity index (χ2n) is 7.09. The van der Waals surface area contributed by atoms with Crippen LogP contribution >= 0.6 is 0 Å². The Labute approximate surface area is 161 Å². The molecule has 1 fully saturated rings. The number of carbonyl (C=O) groups is 2. The highest BCUT2D eigenvalue weighted by Crippen LogP contribution is 2.27. The van der Waals surface area contributed by atoms with Crippen molar-refractivity contribution in [3.05, 3.63) is 23.8 Å². The lowest BCUT2D eigenvalue weighted by molar-refractivity contribution is -0.127. The van der Waals surface area contributed by atoms with Crippen molar-refractivity contribution in [2.45, 2.75) is 45.2 Å². The molecule has 27 heavy (non-hydrogen) atoms. The lowest BCUT2D eigenvalue weighted by Gasteiger charge is -2.36. The second-order valence-corrected chi connectivity index (χ2v) is 7.09. The van der Waals surface area contributed by atoms with Crippen LogP contribution in [0.2, 0.25) is 0 Å². The van der Waals surface area contributed by atoms with E-state index >= 15 is 0 Å². The monoisotopic (exact) mass is 377 g/mol. The minimum Gasteiger partial charge on any atom is -0.493 e. The fraction of sp³-hybridized carbons (Fsp3) is 0.600. The van der Waals surface area contributed by atoms with E-state index in [1.54, 1.807) is 14.2 Å². The maximum Gasteiger partial charge on any atom is 0.237 e. The Kier molecular flexibility index (Phi) is 7.91. The normalized spacial score (nSPS) is 18.6. The van der Waals surface area contributed by atoms with Gasteiger partial charge in [-0.25, -0.2) is 0 Å². The zero-order chi connectivity index (χ0) is 19.8. The molecule has 2 rings (SSSR count). The number of primary amides is 1. The molecular formula is C20H31N3O4. The van der Waals surface area contributed by atoms with E-state index in [2.05, 4.69) is 10.2 Å². The molecule has 0 spiro atoms. The summed E-state index contributed by atoms with van der Waals surface area (Å²) in [5.41, 5.74) is 6.20. The number of piperidine rings is 1. The van der Waals surface area contributed by atoms with Crippen LogP contribution in [-0.2, 0) is 16.1 Å². The topological polar surface area (TPSA) is 93.9 Å². The van der Waals surface area contributed by atoms with Gasteiger partial charge in [-0.3, -0.25) is 14.5 Å². The van der Waals surface area contributed by atoms with Gasteiger partial charge in [0, 0.05) is 19.5 Å². The van der Waals surface area contributed by atoms with E-state index in [0.29, 0.717) is 30.4 Å². The molecule has 1 aliphatic rings. The summed E-state index contributed by atoms with van der Waals surface area (Å²) in [7, 11) is 3.18. The fourth-order valence-corrected chi connectivity index (χ4v) is 3.52. The van der Waals surface area contributed by atoms with Gasteiger partial charge in [0.25, 0.3) is 0 Å². The number of nitrogens with zero attached hydrogens (tertiary/aromatic N) is 1. The number of nitrogens with two attached hydrogens (primary N) is 1. The number of carbonyl (C=O) groups excluding carboxylic acids is 2. The fourth-order valence-electron chi connectivity index (χ4n) is 3.52. The molecule has 0 bridgehead atoms. The molecule has 2 amide bonds. The predicted molar refractivity (Wildman–Crippen MR) is 104 cm³/mol. The van der Waals surface area contributed by atoms with Crippen LogP contribution in [0, 0.1) is 5.92 Å². The Bertz CT molecular complexity index is 650. The molecule has 1 saturated heterocycles. The highest BCUT2D eigenvalue weighted by molar-refractivity contribution is 5.81. The van der Waals surface area contributed by atoms with Gasteiger partial charge < -0.3 is 20.5 Å². The first-order valence-electron chi connectivity index (χ1n) is 9.45. The van der Waals surface area contributed by atoms with Gasteiger partial charge in [-0.1, -0.05) is 6.07 Å². The van der Waals surface area contributed by atoms with E-state index in [1.165, 1.54) is 0 Å². The number of hydrogen-bond donors (Lipinski definition) is 2. The third-order valence-electron chi connectivity index (χ3n) is 5.19. The van der Waals surface area contributed by atoms with E-state index in [0.717, 1.165) is 37.9 Å². The molecule has 1 aromatic carbocycles. The molecule has 0 radical (unpaired) electrons. The third kappa shape index (κ3) is 6.13. The Hall–Kier alpha value is -2.28. The zero-order valence-electron chi connectivity index (χ0n) is 16.5. The summed E-state index contributed by atoms with van der Waals surface area (Å²) in [6, 6.07) is 5.40. The van der Waals surface area contributed by atoms with E-state index < -0.39 is 0 Å². The molecule has 1 heterocycles. The minimum atomic E-state index is -0.257. The van der Waals surface area contributed by atoms with Crippen LogP contribution in [0.5, 0.6) is 11.5 Å². The molecule has 3 N–H and O–H groups in total. The van der Waals surface area contributed by atoms with Gasteiger partial charge in [0.05, 0.1) is 20.3 Å². The molecule has 0 saturated carbocycles. The first-order valence-corrected chi connectivity index (χ1v) is 9.45. The van der Waals surface area contributed by atoms with Gasteiger partial charge in [0.1, 0.15) is 0 Å². The molecule has 2 atom stereocenters. The summed E-state index contributed by atoms with van der Waals surface area (Å²) < 4.78 is 10.5. The number of likely N-dealkylation sites (tertiary alicyclic amines) is 1. The zero-order valence-corrected chi connectivity index (χ0v) is 16.5. The van der Waals surface area contributed by atoms with Gasteiger partial charge >= 0.3 is 0 Å². The quantitative estimate of drug-likeness (QED) is 0.683. The summed E-state index contributed by atoms with van der Waals surface area (Å²) in [5, 5.41) is 3.00. The van der Waals surface area contributed by atoms with Crippen LogP contribution in [0.15, 0.2) is 18.2 Å². The molecule has 0 aromatic heterocycles. The van der Waals surface area contributed by atoms with Crippen LogP contribution in [0.25, 0.3) is 0 Å². The summed E-state index contributed by atoms with van der Waals surface area (Å²) in [4.78, 5) is 25.8. The highest BCUT2D eigenvalue weighted by atomic mass is 16.5. The molecule has 7 nitrogen and oxygen atoms in total. The maximum atomic E-state index is 12.6. The number of benzene rings is 1. The summed E-state index contributed by atoms with van der Waals surface area (Å²) in [6.07, 6.45) is 3.34. The van der Waals surface area contributed by atoms with Crippen molar-refractivity contribution in [3.8, 4) is 11.5 Å². The third-order valence-corrected chi connectivity index (χ3v) is 5.19. The van der Waals surface area contributed by atoms with Gasteiger partial charge in [-0.15, -0.1) is 0 Å². The van der Waals surface area contributed by atoms with Crippen molar-refractivity contribution in [3.63, 3.8) is 0 Å². The Balaban J connectivity index is 1.87. The van der Waals surface area contributed by atoms with Gasteiger partial charge in [-0.05, 0) is 56.3 Å². The van der Waals surface area contributed by atoms with E-state index in [1.807, 2.05) is 25.1 Å². The number of rotatable bonds is 9. The number of nitrogens with one attached hydrogen (secondary N) is 1. The van der Waals surface area contributed by atoms with Crippen LogP contribution < -0.4 is 20.5 Å². The first-order chi connectivity index (χ1) is 12.9. The van der Waals surface area contributed by atoms with E-state index in [-0.39, 0.29) is 17.9 Å². The predicted octanol–water partition coefficient (Wildman–Crippen LogP) is 1.69. The molecule has 0 aliphatic carbocycles. The second kappa shape index (κ2) is 10.2. The van der Waals surface area contributed by atoms with Crippen molar-refractivity contribution < 1.29 is 19.1 Å². The molecule has 1 aliphatic heterocycles. The lowest BCUT2D eigenvalue weighted by atomic mass is 9.92. The van der Waals surface area contributed by atoms with Crippen molar-refractivity contribution in [1.82, 2.24) is 10.2 Å². The van der Waals surface area contributed by atoms with Crippen LogP contribution in [-0.4, -0.2) is 50.1 Å². The first kappa shape index (κ1) is 21.0. The SMILES string of the molecule is COc1ccc(CNC(=O)C(C)N2CCCC(CCC(N)=O)C2)cc1OC. The largest absolute Gasteiger partial charge is 0.493 e. The van der Waals surface area contributed by atoms with Gasteiger partial charge in [0.2, 0.25) is 11.8 Å². The summed E-state index contributed by atoms with van der Waals surface area (Å²) in [5.74, 6) is 1.47. The minimum absolute atomic E-state index is 0.000311. The highest BCUT2D eigenvalue weighted by Gasteiger charge is 2.27. The number of amides is 2. The van der Waals surface area contributed by atoms with Crippen molar-refractivity contribution in [2.24, 2.45) is 11.7 Å². The van der Waals surface area contributed by atoms with Gasteiger partial charge in [-0.2, -0.15) is 0 Å². The smallest absolute Gasteiger partial charge is 0.237 e. The van der Waals surface area contributed by atoms with E-state index in [4.69, 9.17) is 15.2 Å². The standard InChI is InChI=1S/C20H31N3O4/c1-14(23-10-4-5-15(13-23)7-9-19(21)24)20(25)22-12-16-6-8-17(26-2)18(11-16)27-3/h6,8,11,14-15H,4-5,7,9-10,12-13H2,1-3H3,(H2,21,24)(H,22,25). The molecule has 7 heteroatoms. The van der Waals surface area contributed by atoms with Crippen molar-refractivity contribution in [2.75, 3.05) is 27.3 Å². The average molecular weight is 377 g/mol. The van der Waals surface area contributed by atoms with Gasteiger partial charge in [0.15, 0.2) is 11.5 Å². The molecule has 1 aromatic rings. The molecular weight excluding hydrogens is 346 g/mol. The maximum absolute atomic E-state index is 12.6. The Morgan fingerprint density at radius 1 is 1.30 bits per heavy atom. The molecule has 150 valence electrons. The Morgan fingerprint density at radius 3 is 2.70 bits per heavy atom. The van der Waals surface area contributed by atoms with E-state index in [9.17, 15) is 9.59 Å². The van der Waals surface area contributed by atoms with Crippen molar-refractivity contribution in [1.29, 1.82) is 0 Å². The average Bonchev–Trinajstić information content (AvgIpc) is 2.69. The van der Waals surface area contributed by atoms with Crippen LogP contribution in [0.3, 0.4) is 0 Å². The summed E-state index contributed by atoms with van der Waals surface area (Å²) >= 11 is 0.